The maximum absolute atomic E-state index is 11.5. The summed E-state index contributed by atoms with van der Waals surface area (Å²) >= 11 is 0. The second kappa shape index (κ2) is 7.41. The summed E-state index contributed by atoms with van der Waals surface area (Å²) in [4.78, 5) is 13.8. The molecule has 20 heavy (non-hydrogen) atoms. The van der Waals surface area contributed by atoms with Crippen LogP contribution in [0.1, 0.15) is 30.1 Å². The van der Waals surface area contributed by atoms with Gasteiger partial charge in [0.25, 0.3) is 0 Å². The summed E-state index contributed by atoms with van der Waals surface area (Å²) in [7, 11) is 0. The van der Waals surface area contributed by atoms with Crippen molar-refractivity contribution in [2.45, 2.75) is 19.8 Å². The van der Waals surface area contributed by atoms with Crippen LogP contribution in [0.5, 0.6) is 5.75 Å². The highest BCUT2D eigenvalue weighted by molar-refractivity contribution is 5.96. The van der Waals surface area contributed by atoms with E-state index in [1.165, 1.54) is 0 Å². The lowest BCUT2D eigenvalue weighted by Crippen LogP contribution is -2.37. The molecule has 1 aromatic carbocycles. The Morgan fingerprint density at radius 1 is 1.35 bits per heavy atom. The van der Waals surface area contributed by atoms with Crippen molar-refractivity contribution in [3.05, 3.63) is 29.8 Å². The van der Waals surface area contributed by atoms with Gasteiger partial charge in [-0.1, -0.05) is 12.1 Å². The Balaban J connectivity index is 1.78. The first-order valence-electron chi connectivity index (χ1n) is 7.26. The Hall–Kier alpha value is -1.39. The summed E-state index contributed by atoms with van der Waals surface area (Å²) in [5.74, 6) is 1.17. The van der Waals surface area contributed by atoms with Crippen LogP contribution in [0.2, 0.25) is 0 Å². The van der Waals surface area contributed by atoms with Crippen molar-refractivity contribution in [3.63, 3.8) is 0 Å². The summed E-state index contributed by atoms with van der Waals surface area (Å²) in [5.41, 5.74) is 0.645. The zero-order chi connectivity index (χ0) is 14.4. The first-order chi connectivity index (χ1) is 9.70. The lowest BCUT2D eigenvalue weighted by Gasteiger charge is -2.30. The van der Waals surface area contributed by atoms with Crippen molar-refractivity contribution >= 4 is 5.78 Å². The third kappa shape index (κ3) is 4.05. The first kappa shape index (κ1) is 15.0. The van der Waals surface area contributed by atoms with Crippen LogP contribution in [0.25, 0.3) is 0 Å². The van der Waals surface area contributed by atoms with Gasteiger partial charge in [-0.25, -0.2) is 0 Å². The van der Waals surface area contributed by atoms with Gasteiger partial charge in [0.15, 0.2) is 5.78 Å². The largest absolute Gasteiger partial charge is 0.491 e. The number of piperidine rings is 1. The minimum Gasteiger partial charge on any atom is -0.491 e. The summed E-state index contributed by atoms with van der Waals surface area (Å²) < 4.78 is 5.74. The Morgan fingerprint density at radius 2 is 2.05 bits per heavy atom. The van der Waals surface area contributed by atoms with Crippen LogP contribution in [0.4, 0.5) is 0 Å². The van der Waals surface area contributed by atoms with Crippen molar-refractivity contribution in [3.8, 4) is 5.75 Å². The fourth-order valence-electron chi connectivity index (χ4n) is 2.56. The van der Waals surface area contributed by atoms with Gasteiger partial charge in [-0.3, -0.25) is 9.69 Å². The van der Waals surface area contributed by atoms with Crippen LogP contribution in [0.3, 0.4) is 0 Å². The van der Waals surface area contributed by atoms with Gasteiger partial charge < -0.3 is 9.84 Å². The number of hydrogen-bond acceptors (Lipinski definition) is 4. The second-order valence-corrected chi connectivity index (χ2v) is 5.37. The molecule has 0 aromatic heterocycles. The highest BCUT2D eigenvalue weighted by Crippen LogP contribution is 2.19. The minimum absolute atomic E-state index is 0.0318. The number of Topliss-reactive ketones (excluding diaryl/α,β-unsaturated/α-hetero) is 1. The number of ether oxygens (including phenoxy) is 1. The Bertz CT molecular complexity index is 439. The molecule has 1 aliphatic heterocycles. The Kier molecular flexibility index (Phi) is 5.56. The molecule has 0 amide bonds. The second-order valence-electron chi connectivity index (χ2n) is 5.37. The maximum Gasteiger partial charge on any atom is 0.163 e. The summed E-state index contributed by atoms with van der Waals surface area (Å²) in [6.45, 7) is 5.35. The fraction of sp³-hybridized carbons (Fsp3) is 0.562. The zero-order valence-corrected chi connectivity index (χ0v) is 12.0. The molecule has 0 bridgehead atoms. The van der Waals surface area contributed by atoms with E-state index in [1.807, 2.05) is 18.2 Å². The molecule has 1 heterocycles. The average molecular weight is 277 g/mol. The van der Waals surface area contributed by atoms with Gasteiger partial charge in [0, 0.05) is 13.2 Å². The molecule has 1 N–H and O–H groups in total. The van der Waals surface area contributed by atoms with Gasteiger partial charge in [-0.15, -0.1) is 0 Å². The van der Waals surface area contributed by atoms with E-state index in [-0.39, 0.29) is 5.78 Å². The molecule has 1 fully saturated rings. The quantitative estimate of drug-likeness (QED) is 0.808. The van der Waals surface area contributed by atoms with Crippen LogP contribution < -0.4 is 4.74 Å². The highest BCUT2D eigenvalue weighted by atomic mass is 16.5. The lowest BCUT2D eigenvalue weighted by atomic mass is 9.98. The molecule has 1 aromatic rings. The van der Waals surface area contributed by atoms with E-state index in [0.717, 1.165) is 32.5 Å². The van der Waals surface area contributed by atoms with E-state index in [1.54, 1.807) is 13.0 Å². The van der Waals surface area contributed by atoms with E-state index in [0.29, 0.717) is 30.4 Å². The van der Waals surface area contributed by atoms with Gasteiger partial charge in [0.1, 0.15) is 12.4 Å². The molecule has 0 radical (unpaired) electrons. The van der Waals surface area contributed by atoms with Gasteiger partial charge in [0.05, 0.1) is 5.56 Å². The van der Waals surface area contributed by atoms with Gasteiger partial charge >= 0.3 is 0 Å². The van der Waals surface area contributed by atoms with Crippen molar-refractivity contribution in [2.75, 3.05) is 32.8 Å². The van der Waals surface area contributed by atoms with E-state index in [4.69, 9.17) is 9.84 Å². The highest BCUT2D eigenvalue weighted by Gasteiger charge is 2.18. The third-order valence-electron chi connectivity index (χ3n) is 3.90. The predicted octanol–water partition coefficient (Wildman–Crippen LogP) is 1.97. The first-order valence-corrected chi connectivity index (χ1v) is 7.26. The molecule has 1 aliphatic rings. The molecule has 0 spiro atoms. The van der Waals surface area contributed by atoms with Crippen LogP contribution in [0, 0.1) is 5.92 Å². The molecule has 2 rings (SSSR count). The number of hydrogen-bond donors (Lipinski definition) is 1. The molecule has 0 aliphatic carbocycles. The summed E-state index contributed by atoms with van der Waals surface area (Å²) in [6, 6.07) is 7.37. The van der Waals surface area contributed by atoms with Crippen LogP contribution in [-0.4, -0.2) is 48.6 Å². The average Bonchev–Trinajstić information content (AvgIpc) is 2.48. The molecule has 0 unspecified atom stereocenters. The topological polar surface area (TPSA) is 49.8 Å². The van der Waals surface area contributed by atoms with E-state index in [2.05, 4.69) is 4.90 Å². The van der Waals surface area contributed by atoms with Crippen molar-refractivity contribution < 1.29 is 14.6 Å². The van der Waals surface area contributed by atoms with Crippen molar-refractivity contribution in [1.29, 1.82) is 0 Å². The number of rotatable bonds is 6. The van der Waals surface area contributed by atoms with Gasteiger partial charge in [-0.2, -0.15) is 0 Å². The number of carbonyl (C=O) groups is 1. The lowest BCUT2D eigenvalue weighted by molar-refractivity contribution is 0.101. The van der Waals surface area contributed by atoms with Crippen LogP contribution >= 0.6 is 0 Å². The number of benzene rings is 1. The summed E-state index contributed by atoms with van der Waals surface area (Å²) in [5, 5.41) is 9.11. The number of para-hydroxylation sites is 1. The molecular formula is C16H23NO3. The van der Waals surface area contributed by atoms with Gasteiger partial charge in [-0.05, 0) is 50.9 Å². The molecule has 110 valence electrons. The number of aliphatic hydroxyl groups is 1. The summed E-state index contributed by atoms with van der Waals surface area (Å²) in [6.07, 6.45) is 2.11. The van der Waals surface area contributed by atoms with E-state index >= 15 is 0 Å². The fourth-order valence-corrected chi connectivity index (χ4v) is 2.56. The molecule has 0 atom stereocenters. The molecule has 0 saturated carbocycles. The Morgan fingerprint density at radius 3 is 2.70 bits per heavy atom. The van der Waals surface area contributed by atoms with Crippen molar-refractivity contribution in [1.82, 2.24) is 4.90 Å². The molecule has 4 nitrogen and oxygen atoms in total. The number of nitrogens with zero attached hydrogens (tertiary/aromatic N) is 1. The zero-order valence-electron chi connectivity index (χ0n) is 12.0. The monoisotopic (exact) mass is 277 g/mol. The smallest absolute Gasteiger partial charge is 0.163 e. The number of ketones is 1. The van der Waals surface area contributed by atoms with Crippen LogP contribution in [0.15, 0.2) is 24.3 Å². The molecular weight excluding hydrogens is 254 g/mol. The standard InChI is InChI=1S/C16H23NO3/c1-13(19)15-4-2-3-5-16(15)20-11-10-17-8-6-14(12-18)7-9-17/h2-5,14,18H,6-12H2,1H3. The number of likely N-dealkylation sites (tertiary alicyclic amines) is 1. The van der Waals surface area contributed by atoms with E-state index < -0.39 is 0 Å². The number of aliphatic hydroxyl groups excluding tert-OH is 1. The Labute approximate surface area is 120 Å². The maximum atomic E-state index is 11.5. The number of carbonyl (C=O) groups excluding carboxylic acids is 1. The molecule has 4 heteroatoms. The minimum atomic E-state index is 0.0318. The van der Waals surface area contributed by atoms with Gasteiger partial charge in [0.2, 0.25) is 0 Å². The SMILES string of the molecule is CC(=O)c1ccccc1OCCN1CCC(CO)CC1. The predicted molar refractivity (Wildman–Crippen MR) is 78.2 cm³/mol. The van der Waals surface area contributed by atoms with E-state index in [9.17, 15) is 4.79 Å². The third-order valence-corrected chi connectivity index (χ3v) is 3.90. The van der Waals surface area contributed by atoms with Crippen molar-refractivity contribution in [2.24, 2.45) is 5.92 Å². The molecule has 1 saturated heterocycles. The van der Waals surface area contributed by atoms with Crippen LogP contribution in [-0.2, 0) is 0 Å². The normalized spacial score (nSPS) is 17.1.